The molecule has 0 saturated carbocycles. The van der Waals surface area contributed by atoms with Crippen molar-refractivity contribution in [2.45, 2.75) is 40.0 Å². The number of carbonyl (C=O) groups is 2. The van der Waals surface area contributed by atoms with Crippen LogP contribution in [0.5, 0.6) is 0 Å². The van der Waals surface area contributed by atoms with Crippen LogP contribution in [0, 0.1) is 11.3 Å². The van der Waals surface area contributed by atoms with Crippen LogP contribution in [0.4, 0.5) is 0 Å². The van der Waals surface area contributed by atoms with Gasteiger partial charge in [-0.3, -0.25) is 9.59 Å². The van der Waals surface area contributed by atoms with Gasteiger partial charge in [0.1, 0.15) is 13.2 Å². The highest BCUT2D eigenvalue weighted by Gasteiger charge is 2.37. The maximum Gasteiger partial charge on any atom is 0.311 e. The quantitative estimate of drug-likeness (QED) is 0.418. The first-order valence-electron chi connectivity index (χ1n) is 8.04. The van der Waals surface area contributed by atoms with Crippen LogP contribution in [-0.4, -0.2) is 52.3 Å². The minimum Gasteiger partial charge on any atom is -0.464 e. The topological polar surface area (TPSA) is 76.7 Å². The molecule has 0 fully saturated rings. The summed E-state index contributed by atoms with van der Waals surface area (Å²) < 4.78 is 10.5. The lowest BCUT2D eigenvalue weighted by molar-refractivity contribution is -0.158. The number of carbonyl (C=O) groups excluding carboxylic acids is 2. The second kappa shape index (κ2) is 11.4. The molecule has 2 unspecified atom stereocenters. The Morgan fingerprint density at radius 2 is 1.64 bits per heavy atom. The molecule has 0 bridgehead atoms. The van der Waals surface area contributed by atoms with Crippen LogP contribution in [0.1, 0.15) is 40.0 Å². The van der Waals surface area contributed by atoms with E-state index in [1.54, 1.807) is 14.0 Å². The molecule has 0 aromatic rings. The number of hydrogen-bond donors (Lipinski definition) is 2. The van der Waals surface area contributed by atoms with Crippen LogP contribution in [0.2, 0.25) is 0 Å². The lowest BCUT2D eigenvalue weighted by Crippen LogP contribution is -2.35. The molecule has 130 valence electrons. The van der Waals surface area contributed by atoms with Crippen molar-refractivity contribution >= 4 is 11.9 Å². The Hall–Kier alpha value is -1.14. The van der Waals surface area contributed by atoms with Crippen LogP contribution < -0.4 is 10.6 Å². The minimum absolute atomic E-state index is 0.237. The third-order valence-electron chi connectivity index (χ3n) is 3.64. The third kappa shape index (κ3) is 7.75. The molecule has 0 amide bonds. The molecule has 0 aliphatic rings. The summed E-state index contributed by atoms with van der Waals surface area (Å²) in [6.07, 6.45) is 2.00. The summed E-state index contributed by atoms with van der Waals surface area (Å²) in [4.78, 5) is 24.3. The van der Waals surface area contributed by atoms with E-state index in [-0.39, 0.29) is 17.9 Å². The summed E-state index contributed by atoms with van der Waals surface area (Å²) in [6, 6.07) is 0. The van der Waals surface area contributed by atoms with Crippen molar-refractivity contribution in [2.75, 3.05) is 40.4 Å². The van der Waals surface area contributed by atoms with E-state index in [2.05, 4.69) is 10.6 Å². The first kappa shape index (κ1) is 20.9. The molecule has 0 aromatic heterocycles. The van der Waals surface area contributed by atoms with Crippen LogP contribution in [0.15, 0.2) is 0 Å². The van der Waals surface area contributed by atoms with Crippen molar-refractivity contribution in [3.63, 3.8) is 0 Å². The fourth-order valence-electron chi connectivity index (χ4n) is 2.41. The normalized spacial score (nSPS) is 15.0. The maximum absolute atomic E-state index is 12.3. The Kier molecular flexibility index (Phi) is 10.8. The standard InChI is InChI=1S/C16H32N2O4/c1-6-7-16(3,15(20)22-11-9-18-5)12-13(2)14(19)21-10-8-17-4/h13,17-18H,6-12H2,1-5H3. The number of esters is 2. The summed E-state index contributed by atoms with van der Waals surface area (Å²) >= 11 is 0. The molecule has 0 heterocycles. The van der Waals surface area contributed by atoms with Crippen molar-refractivity contribution in [3.8, 4) is 0 Å². The average Bonchev–Trinajstić information content (AvgIpc) is 2.47. The van der Waals surface area contributed by atoms with Gasteiger partial charge in [-0.05, 0) is 33.9 Å². The zero-order valence-electron chi connectivity index (χ0n) is 14.7. The van der Waals surface area contributed by atoms with Gasteiger partial charge in [-0.2, -0.15) is 0 Å². The summed E-state index contributed by atoms with van der Waals surface area (Å²) in [6.45, 7) is 7.62. The lowest BCUT2D eigenvalue weighted by atomic mass is 9.78. The lowest BCUT2D eigenvalue weighted by Gasteiger charge is -2.29. The summed E-state index contributed by atoms with van der Waals surface area (Å²) in [5, 5.41) is 5.86. The number of hydrogen-bond acceptors (Lipinski definition) is 6. The van der Waals surface area contributed by atoms with Gasteiger partial charge in [-0.15, -0.1) is 0 Å². The molecular formula is C16H32N2O4. The predicted octanol–water partition coefficient (Wildman–Crippen LogP) is 1.34. The van der Waals surface area contributed by atoms with Crippen LogP contribution in [0.3, 0.4) is 0 Å². The van der Waals surface area contributed by atoms with Crippen LogP contribution in [0.25, 0.3) is 0 Å². The summed E-state index contributed by atoms with van der Waals surface area (Å²) in [7, 11) is 3.61. The Bertz CT molecular complexity index is 336. The van der Waals surface area contributed by atoms with Crippen molar-refractivity contribution in [2.24, 2.45) is 11.3 Å². The van der Waals surface area contributed by atoms with Crippen molar-refractivity contribution in [1.29, 1.82) is 0 Å². The third-order valence-corrected chi connectivity index (χ3v) is 3.64. The van der Waals surface area contributed by atoms with Gasteiger partial charge in [0, 0.05) is 13.1 Å². The van der Waals surface area contributed by atoms with Crippen molar-refractivity contribution in [1.82, 2.24) is 10.6 Å². The molecule has 2 N–H and O–H groups in total. The van der Waals surface area contributed by atoms with Gasteiger partial charge in [-0.25, -0.2) is 0 Å². The van der Waals surface area contributed by atoms with Crippen molar-refractivity contribution < 1.29 is 19.1 Å². The number of ether oxygens (including phenoxy) is 2. The Labute approximate surface area is 134 Å². The minimum atomic E-state index is -0.649. The van der Waals surface area contributed by atoms with Crippen LogP contribution in [-0.2, 0) is 19.1 Å². The second-order valence-corrected chi connectivity index (χ2v) is 5.93. The van der Waals surface area contributed by atoms with Gasteiger partial charge < -0.3 is 20.1 Å². The van der Waals surface area contributed by atoms with E-state index in [4.69, 9.17) is 9.47 Å². The second-order valence-electron chi connectivity index (χ2n) is 5.93. The van der Waals surface area contributed by atoms with E-state index < -0.39 is 5.41 Å². The van der Waals surface area contributed by atoms with E-state index in [1.165, 1.54) is 0 Å². The van der Waals surface area contributed by atoms with Gasteiger partial charge in [0.15, 0.2) is 0 Å². The molecule has 0 radical (unpaired) electrons. The van der Waals surface area contributed by atoms with E-state index in [0.717, 1.165) is 6.42 Å². The smallest absolute Gasteiger partial charge is 0.311 e. The number of nitrogens with one attached hydrogen (secondary N) is 2. The number of rotatable bonds is 12. The monoisotopic (exact) mass is 316 g/mol. The molecule has 2 atom stereocenters. The first-order chi connectivity index (χ1) is 10.4. The summed E-state index contributed by atoms with van der Waals surface area (Å²) in [5.41, 5.74) is -0.649. The molecule has 0 saturated heterocycles. The highest BCUT2D eigenvalue weighted by Crippen LogP contribution is 2.33. The highest BCUT2D eigenvalue weighted by atomic mass is 16.5. The zero-order chi connectivity index (χ0) is 17.0. The molecule has 0 aliphatic carbocycles. The van der Waals surface area contributed by atoms with E-state index >= 15 is 0 Å². The summed E-state index contributed by atoms with van der Waals surface area (Å²) in [5.74, 6) is -0.828. The van der Waals surface area contributed by atoms with Gasteiger partial charge in [0.05, 0.1) is 11.3 Å². The van der Waals surface area contributed by atoms with Crippen molar-refractivity contribution in [3.05, 3.63) is 0 Å². The molecule has 0 rings (SSSR count). The number of likely N-dealkylation sites (N-methyl/N-ethyl adjacent to an activating group) is 2. The fourth-order valence-corrected chi connectivity index (χ4v) is 2.41. The van der Waals surface area contributed by atoms with Gasteiger partial charge in [-0.1, -0.05) is 20.3 Å². The zero-order valence-corrected chi connectivity index (χ0v) is 14.7. The van der Waals surface area contributed by atoms with E-state index in [1.807, 2.05) is 20.9 Å². The first-order valence-corrected chi connectivity index (χ1v) is 8.04. The highest BCUT2D eigenvalue weighted by molar-refractivity contribution is 5.78. The average molecular weight is 316 g/mol. The van der Waals surface area contributed by atoms with Gasteiger partial charge in [0.25, 0.3) is 0 Å². The Balaban J connectivity index is 4.57. The predicted molar refractivity (Wildman–Crippen MR) is 86.6 cm³/mol. The SMILES string of the molecule is CCCC(C)(CC(C)C(=O)OCCNC)C(=O)OCCNC. The maximum atomic E-state index is 12.3. The Morgan fingerprint density at radius 3 is 2.14 bits per heavy atom. The molecule has 6 heteroatoms. The van der Waals surface area contributed by atoms with E-state index in [0.29, 0.717) is 39.1 Å². The van der Waals surface area contributed by atoms with Crippen LogP contribution >= 0.6 is 0 Å². The Morgan fingerprint density at radius 1 is 1.09 bits per heavy atom. The molecule has 0 aliphatic heterocycles. The molecule has 0 spiro atoms. The van der Waals surface area contributed by atoms with E-state index in [9.17, 15) is 9.59 Å². The fraction of sp³-hybridized carbons (Fsp3) is 0.875. The van der Waals surface area contributed by atoms with Gasteiger partial charge >= 0.3 is 11.9 Å². The molecule has 6 nitrogen and oxygen atoms in total. The van der Waals surface area contributed by atoms with Gasteiger partial charge in [0.2, 0.25) is 0 Å². The molecule has 0 aromatic carbocycles. The largest absolute Gasteiger partial charge is 0.464 e. The molecular weight excluding hydrogens is 284 g/mol. The molecule has 22 heavy (non-hydrogen) atoms.